The second-order valence-electron chi connectivity index (χ2n) is 8.63. The minimum atomic E-state index is -0.140. The van der Waals surface area contributed by atoms with Gasteiger partial charge in [-0.3, -0.25) is 19.3 Å². The van der Waals surface area contributed by atoms with Crippen LogP contribution in [0.3, 0.4) is 0 Å². The number of carbonyl (C=O) groups is 3. The summed E-state index contributed by atoms with van der Waals surface area (Å²) in [5.41, 5.74) is 1.19. The molecule has 2 aliphatic carbocycles. The topological polar surface area (TPSA) is 60.9 Å². The standard InChI is InChI=1S/C23H27N3O3/c27-19(25-13-11-24(12-14-25)18-5-2-1-3-6-18)7-4-10-26-22(28)20-16-8-9-17(15-16)21(20)23(26)29/h1-3,5-6,8-9,16-17,20-21H,4,7,10-15H2/t16-,17-,20-,21-/m0/s1. The van der Waals surface area contributed by atoms with E-state index in [9.17, 15) is 14.4 Å². The Morgan fingerprint density at radius 3 is 2.14 bits per heavy atom. The molecule has 2 saturated heterocycles. The third-order valence-corrected chi connectivity index (χ3v) is 7.09. The van der Waals surface area contributed by atoms with Crippen LogP contribution in [0.2, 0.25) is 0 Å². The maximum Gasteiger partial charge on any atom is 0.233 e. The number of nitrogens with zero attached hydrogens (tertiary/aromatic N) is 3. The summed E-state index contributed by atoms with van der Waals surface area (Å²) in [6, 6.07) is 10.3. The number of hydrogen-bond acceptors (Lipinski definition) is 4. The van der Waals surface area contributed by atoms with Crippen LogP contribution in [-0.4, -0.2) is 60.2 Å². The van der Waals surface area contributed by atoms with Crippen LogP contribution in [0.4, 0.5) is 5.69 Å². The van der Waals surface area contributed by atoms with Gasteiger partial charge >= 0.3 is 0 Å². The van der Waals surface area contributed by atoms with E-state index in [1.165, 1.54) is 10.6 Å². The largest absolute Gasteiger partial charge is 0.368 e. The van der Waals surface area contributed by atoms with Crippen molar-refractivity contribution in [2.24, 2.45) is 23.7 Å². The van der Waals surface area contributed by atoms with Gasteiger partial charge in [-0.15, -0.1) is 0 Å². The third kappa shape index (κ3) is 3.15. The monoisotopic (exact) mass is 393 g/mol. The van der Waals surface area contributed by atoms with Crippen LogP contribution < -0.4 is 4.90 Å². The molecule has 3 amide bonds. The highest BCUT2D eigenvalue weighted by Crippen LogP contribution is 2.52. The molecule has 0 unspecified atom stereocenters. The molecule has 0 N–H and O–H groups in total. The molecular formula is C23H27N3O3. The molecule has 29 heavy (non-hydrogen) atoms. The number of hydrogen-bond donors (Lipinski definition) is 0. The third-order valence-electron chi connectivity index (χ3n) is 7.09. The van der Waals surface area contributed by atoms with Crippen LogP contribution in [0.1, 0.15) is 19.3 Å². The first-order valence-electron chi connectivity index (χ1n) is 10.7. The summed E-state index contributed by atoms with van der Waals surface area (Å²) in [4.78, 5) is 43.6. The van der Waals surface area contributed by atoms with Gasteiger partial charge in [0.2, 0.25) is 17.7 Å². The van der Waals surface area contributed by atoms with Crippen LogP contribution in [0, 0.1) is 23.7 Å². The molecular weight excluding hydrogens is 366 g/mol. The van der Waals surface area contributed by atoms with Gasteiger partial charge in [-0.25, -0.2) is 0 Å². The molecule has 4 atom stereocenters. The van der Waals surface area contributed by atoms with E-state index in [4.69, 9.17) is 0 Å². The van der Waals surface area contributed by atoms with Crippen molar-refractivity contribution in [1.82, 2.24) is 9.80 Å². The Balaban J connectivity index is 1.09. The molecule has 2 bridgehead atoms. The Morgan fingerprint density at radius 1 is 0.897 bits per heavy atom. The fourth-order valence-corrected chi connectivity index (χ4v) is 5.58. The maximum atomic E-state index is 12.7. The van der Waals surface area contributed by atoms with Crippen molar-refractivity contribution < 1.29 is 14.4 Å². The Labute approximate surface area is 171 Å². The average Bonchev–Trinajstić information content (AvgIpc) is 3.44. The van der Waals surface area contributed by atoms with E-state index >= 15 is 0 Å². The van der Waals surface area contributed by atoms with Gasteiger partial charge in [0.1, 0.15) is 0 Å². The summed E-state index contributed by atoms with van der Waals surface area (Å²) >= 11 is 0. The van der Waals surface area contributed by atoms with Crippen LogP contribution in [0.5, 0.6) is 0 Å². The first-order valence-corrected chi connectivity index (χ1v) is 10.7. The number of piperazine rings is 1. The minimum Gasteiger partial charge on any atom is -0.368 e. The zero-order chi connectivity index (χ0) is 20.0. The van der Waals surface area contributed by atoms with E-state index < -0.39 is 0 Å². The fourth-order valence-electron chi connectivity index (χ4n) is 5.58. The number of imide groups is 1. The molecule has 2 heterocycles. The number of carbonyl (C=O) groups excluding carboxylic acids is 3. The van der Waals surface area contributed by atoms with Crippen LogP contribution in [-0.2, 0) is 14.4 Å². The molecule has 6 nitrogen and oxygen atoms in total. The van der Waals surface area contributed by atoms with Gasteiger partial charge in [0.15, 0.2) is 0 Å². The lowest BCUT2D eigenvalue weighted by molar-refractivity contribution is -0.141. The number of para-hydroxylation sites is 1. The van der Waals surface area contributed by atoms with Gasteiger partial charge in [-0.1, -0.05) is 30.4 Å². The summed E-state index contributed by atoms with van der Waals surface area (Å²) in [5.74, 6) is 0.307. The highest BCUT2D eigenvalue weighted by atomic mass is 16.2. The molecule has 0 radical (unpaired) electrons. The summed E-state index contributed by atoms with van der Waals surface area (Å²) in [5, 5.41) is 0. The van der Waals surface area contributed by atoms with Gasteiger partial charge in [0.25, 0.3) is 0 Å². The van der Waals surface area contributed by atoms with E-state index in [-0.39, 0.29) is 41.4 Å². The molecule has 0 spiro atoms. The van der Waals surface area contributed by atoms with Crippen molar-refractivity contribution in [1.29, 1.82) is 0 Å². The molecule has 0 aromatic heterocycles. The lowest BCUT2D eigenvalue weighted by Gasteiger charge is -2.36. The van der Waals surface area contributed by atoms with E-state index in [0.29, 0.717) is 32.5 Å². The number of likely N-dealkylation sites (tertiary alicyclic amines) is 1. The average molecular weight is 393 g/mol. The fraction of sp³-hybridized carbons (Fsp3) is 0.522. The SMILES string of the molecule is O=C(CCCN1C(=O)[C@@H]2[C@@H](C1=O)[C@H]1C=C[C@H]2C1)N1CCN(c2ccccc2)CC1. The Bertz CT molecular complexity index is 814. The Kier molecular flexibility index (Phi) is 4.64. The first-order chi connectivity index (χ1) is 14.1. The second kappa shape index (κ2) is 7.32. The van der Waals surface area contributed by atoms with E-state index in [1.54, 1.807) is 0 Å². The molecule has 6 heteroatoms. The molecule has 4 aliphatic rings. The van der Waals surface area contributed by atoms with Crippen molar-refractivity contribution in [2.75, 3.05) is 37.6 Å². The number of benzene rings is 1. The number of allylic oxidation sites excluding steroid dienone is 2. The van der Waals surface area contributed by atoms with E-state index in [2.05, 4.69) is 29.2 Å². The van der Waals surface area contributed by atoms with Crippen LogP contribution >= 0.6 is 0 Å². The van der Waals surface area contributed by atoms with Gasteiger partial charge in [-0.05, 0) is 36.8 Å². The lowest BCUT2D eigenvalue weighted by atomic mass is 9.85. The van der Waals surface area contributed by atoms with Crippen LogP contribution in [0.25, 0.3) is 0 Å². The molecule has 1 aromatic carbocycles. The molecule has 3 fully saturated rings. The quantitative estimate of drug-likeness (QED) is 0.567. The smallest absolute Gasteiger partial charge is 0.233 e. The van der Waals surface area contributed by atoms with E-state index in [1.807, 2.05) is 23.1 Å². The van der Waals surface area contributed by atoms with Gasteiger partial charge in [0, 0.05) is 44.8 Å². The number of amides is 3. The van der Waals surface area contributed by atoms with Crippen molar-refractivity contribution in [3.8, 4) is 0 Å². The number of anilines is 1. The number of rotatable bonds is 5. The summed E-state index contributed by atoms with van der Waals surface area (Å²) < 4.78 is 0. The highest BCUT2D eigenvalue weighted by molar-refractivity contribution is 6.06. The van der Waals surface area contributed by atoms with Gasteiger partial charge in [-0.2, -0.15) is 0 Å². The number of fused-ring (bicyclic) bond motifs is 5. The predicted molar refractivity (Wildman–Crippen MR) is 109 cm³/mol. The normalized spacial score (nSPS) is 30.4. The van der Waals surface area contributed by atoms with Crippen molar-refractivity contribution in [3.05, 3.63) is 42.5 Å². The predicted octanol–water partition coefficient (Wildman–Crippen LogP) is 1.92. The van der Waals surface area contributed by atoms with Gasteiger partial charge in [0.05, 0.1) is 11.8 Å². The highest BCUT2D eigenvalue weighted by Gasteiger charge is 2.58. The molecule has 152 valence electrons. The summed E-state index contributed by atoms with van der Waals surface area (Å²) in [7, 11) is 0. The molecule has 1 saturated carbocycles. The molecule has 1 aromatic rings. The Hall–Kier alpha value is -2.63. The van der Waals surface area contributed by atoms with Crippen LogP contribution in [0.15, 0.2) is 42.5 Å². The van der Waals surface area contributed by atoms with Crippen molar-refractivity contribution in [3.63, 3.8) is 0 Å². The van der Waals surface area contributed by atoms with Crippen molar-refractivity contribution in [2.45, 2.75) is 19.3 Å². The Morgan fingerprint density at radius 2 is 1.52 bits per heavy atom. The van der Waals surface area contributed by atoms with Crippen molar-refractivity contribution >= 4 is 23.4 Å². The maximum absolute atomic E-state index is 12.7. The summed E-state index contributed by atoms with van der Waals surface area (Å²) in [6.45, 7) is 3.47. The zero-order valence-corrected chi connectivity index (χ0v) is 16.6. The molecule has 2 aliphatic heterocycles. The lowest BCUT2D eigenvalue weighted by Crippen LogP contribution is -2.48. The van der Waals surface area contributed by atoms with Gasteiger partial charge < -0.3 is 9.80 Å². The first kappa shape index (κ1) is 18.4. The minimum absolute atomic E-state index is 0.0132. The van der Waals surface area contributed by atoms with E-state index in [0.717, 1.165) is 19.5 Å². The second-order valence-corrected chi connectivity index (χ2v) is 8.63. The zero-order valence-electron chi connectivity index (χ0n) is 16.6. The summed E-state index contributed by atoms with van der Waals surface area (Å²) in [6.07, 6.45) is 6.12. The molecule has 5 rings (SSSR count).